The third-order valence-corrected chi connectivity index (χ3v) is 6.07. The van der Waals surface area contributed by atoms with Gasteiger partial charge in [0, 0.05) is 6.04 Å². The SMILES string of the molecule is CC(NC(=O)N[C@@H](C)C(=O)O)C12CC3CC(CC(C3)C1)C2. The van der Waals surface area contributed by atoms with Crippen molar-refractivity contribution in [2.45, 2.75) is 64.5 Å². The molecule has 0 radical (unpaired) electrons. The molecule has 4 rings (SSSR count). The summed E-state index contributed by atoms with van der Waals surface area (Å²) in [4.78, 5) is 22.8. The molecule has 0 spiro atoms. The van der Waals surface area contributed by atoms with Crippen LogP contribution in [0.4, 0.5) is 4.79 Å². The highest BCUT2D eigenvalue weighted by atomic mass is 16.4. The molecule has 0 aromatic carbocycles. The van der Waals surface area contributed by atoms with Crippen molar-refractivity contribution in [1.29, 1.82) is 0 Å². The summed E-state index contributed by atoms with van der Waals surface area (Å²) in [5, 5.41) is 14.4. The Bertz CT molecular complexity index is 414. The number of nitrogens with one attached hydrogen (secondary N) is 2. The van der Waals surface area contributed by atoms with Gasteiger partial charge < -0.3 is 15.7 Å². The minimum Gasteiger partial charge on any atom is -0.480 e. The number of hydrogen-bond acceptors (Lipinski definition) is 2. The average molecular weight is 294 g/mol. The van der Waals surface area contributed by atoms with Crippen LogP contribution in [0.15, 0.2) is 0 Å². The number of carboxylic acid groups (broad SMARTS) is 1. The first-order chi connectivity index (χ1) is 9.88. The molecule has 3 N–H and O–H groups in total. The van der Waals surface area contributed by atoms with E-state index in [-0.39, 0.29) is 17.5 Å². The zero-order valence-corrected chi connectivity index (χ0v) is 12.9. The normalized spacial score (nSPS) is 39.6. The first-order valence-corrected chi connectivity index (χ1v) is 8.18. The summed E-state index contributed by atoms with van der Waals surface area (Å²) in [5.74, 6) is 1.54. The Kier molecular flexibility index (Phi) is 3.62. The summed E-state index contributed by atoms with van der Waals surface area (Å²) >= 11 is 0. The molecule has 4 fully saturated rings. The van der Waals surface area contributed by atoms with Crippen LogP contribution in [-0.2, 0) is 4.79 Å². The van der Waals surface area contributed by atoms with Gasteiger partial charge in [-0.1, -0.05) is 0 Å². The number of hydrogen-bond donors (Lipinski definition) is 3. The van der Waals surface area contributed by atoms with E-state index in [1.807, 2.05) is 0 Å². The zero-order chi connectivity index (χ0) is 15.2. The van der Waals surface area contributed by atoms with Crippen LogP contribution >= 0.6 is 0 Å². The van der Waals surface area contributed by atoms with Crippen LogP contribution in [0.5, 0.6) is 0 Å². The summed E-state index contributed by atoms with van der Waals surface area (Å²) in [5.41, 5.74) is 0.249. The average Bonchev–Trinajstić information content (AvgIpc) is 2.36. The Hall–Kier alpha value is -1.26. The molecule has 5 heteroatoms. The van der Waals surface area contributed by atoms with Gasteiger partial charge >= 0.3 is 12.0 Å². The third kappa shape index (κ3) is 2.74. The highest BCUT2D eigenvalue weighted by molar-refractivity contribution is 5.82. The molecule has 4 aliphatic carbocycles. The van der Waals surface area contributed by atoms with Gasteiger partial charge in [-0.15, -0.1) is 0 Å². The molecule has 1 unspecified atom stereocenters. The van der Waals surface area contributed by atoms with Crippen molar-refractivity contribution in [2.75, 3.05) is 0 Å². The van der Waals surface area contributed by atoms with Crippen LogP contribution < -0.4 is 10.6 Å². The number of amides is 2. The highest BCUT2D eigenvalue weighted by Crippen LogP contribution is 2.61. The molecule has 4 aliphatic rings. The second-order valence-electron chi connectivity index (χ2n) is 7.68. The van der Waals surface area contributed by atoms with Gasteiger partial charge in [-0.3, -0.25) is 4.79 Å². The second-order valence-corrected chi connectivity index (χ2v) is 7.68. The Balaban J connectivity index is 1.61. The van der Waals surface area contributed by atoms with Crippen molar-refractivity contribution >= 4 is 12.0 Å². The summed E-state index contributed by atoms with van der Waals surface area (Å²) in [6.45, 7) is 3.58. The van der Waals surface area contributed by atoms with Crippen molar-refractivity contribution in [3.8, 4) is 0 Å². The second kappa shape index (κ2) is 5.18. The van der Waals surface area contributed by atoms with Crippen molar-refractivity contribution in [1.82, 2.24) is 10.6 Å². The van der Waals surface area contributed by atoms with Crippen LogP contribution in [0.1, 0.15) is 52.4 Å². The molecule has 21 heavy (non-hydrogen) atoms. The fourth-order valence-electron chi connectivity index (χ4n) is 5.36. The highest BCUT2D eigenvalue weighted by Gasteiger charge is 2.53. The minimum atomic E-state index is -1.01. The molecule has 4 saturated carbocycles. The Morgan fingerprint density at radius 1 is 1.00 bits per heavy atom. The van der Waals surface area contributed by atoms with Crippen LogP contribution in [0.25, 0.3) is 0 Å². The van der Waals surface area contributed by atoms with E-state index in [1.165, 1.54) is 45.4 Å². The van der Waals surface area contributed by atoms with E-state index < -0.39 is 12.0 Å². The van der Waals surface area contributed by atoms with Crippen LogP contribution in [0.2, 0.25) is 0 Å². The maximum Gasteiger partial charge on any atom is 0.325 e. The first-order valence-electron chi connectivity index (χ1n) is 8.18. The Morgan fingerprint density at radius 2 is 1.48 bits per heavy atom. The molecule has 0 aliphatic heterocycles. The third-order valence-electron chi connectivity index (χ3n) is 6.07. The Morgan fingerprint density at radius 3 is 1.90 bits per heavy atom. The van der Waals surface area contributed by atoms with E-state index in [2.05, 4.69) is 17.6 Å². The summed E-state index contributed by atoms with van der Waals surface area (Å²) in [7, 11) is 0. The van der Waals surface area contributed by atoms with Gasteiger partial charge in [0.05, 0.1) is 0 Å². The van der Waals surface area contributed by atoms with Gasteiger partial charge in [-0.05, 0) is 75.5 Å². The largest absolute Gasteiger partial charge is 0.480 e. The predicted octanol–water partition coefficient (Wildman–Crippen LogP) is 2.36. The lowest BCUT2D eigenvalue weighted by Gasteiger charge is -2.59. The fourth-order valence-corrected chi connectivity index (χ4v) is 5.36. The maximum atomic E-state index is 12.0. The van der Waals surface area contributed by atoms with Gasteiger partial charge in [0.25, 0.3) is 0 Å². The van der Waals surface area contributed by atoms with Gasteiger partial charge in [-0.2, -0.15) is 0 Å². The molecule has 0 saturated heterocycles. The lowest BCUT2D eigenvalue weighted by molar-refractivity contribution is -0.138. The molecule has 0 aromatic heterocycles. The number of aliphatic carboxylic acids is 1. The van der Waals surface area contributed by atoms with Crippen LogP contribution in [0.3, 0.4) is 0 Å². The zero-order valence-electron chi connectivity index (χ0n) is 12.9. The molecular formula is C16H26N2O3. The minimum absolute atomic E-state index is 0.117. The lowest BCUT2D eigenvalue weighted by Crippen LogP contribution is -2.58. The van der Waals surface area contributed by atoms with Crippen molar-refractivity contribution in [3.63, 3.8) is 0 Å². The first kappa shape index (κ1) is 14.7. The van der Waals surface area contributed by atoms with E-state index in [0.717, 1.165) is 17.8 Å². The number of carboxylic acids is 1. The van der Waals surface area contributed by atoms with Crippen LogP contribution in [0, 0.1) is 23.2 Å². The van der Waals surface area contributed by atoms with Gasteiger partial charge in [0.1, 0.15) is 6.04 Å². The van der Waals surface area contributed by atoms with E-state index in [9.17, 15) is 9.59 Å². The molecule has 118 valence electrons. The van der Waals surface area contributed by atoms with E-state index in [4.69, 9.17) is 5.11 Å². The number of carbonyl (C=O) groups excluding carboxylic acids is 1. The maximum absolute atomic E-state index is 12.0. The topological polar surface area (TPSA) is 78.4 Å². The monoisotopic (exact) mass is 294 g/mol. The van der Waals surface area contributed by atoms with Crippen LogP contribution in [-0.4, -0.2) is 29.2 Å². The predicted molar refractivity (Wildman–Crippen MR) is 78.8 cm³/mol. The quantitative estimate of drug-likeness (QED) is 0.745. The van der Waals surface area contributed by atoms with E-state index in [0.29, 0.717) is 0 Å². The summed E-state index contributed by atoms with van der Waals surface area (Å²) in [6.07, 6.45) is 7.84. The smallest absolute Gasteiger partial charge is 0.325 e. The molecule has 0 heterocycles. The number of urea groups is 1. The molecule has 5 nitrogen and oxygen atoms in total. The molecular weight excluding hydrogens is 268 g/mol. The Labute approximate surface area is 125 Å². The van der Waals surface area contributed by atoms with Crippen molar-refractivity contribution in [2.24, 2.45) is 23.2 Å². The number of rotatable bonds is 4. The fraction of sp³-hybridized carbons (Fsp3) is 0.875. The molecule has 2 atom stereocenters. The standard InChI is InChI=1S/C16H26N2O3/c1-9(14(19)20)17-15(21)18-10(2)16-6-11-3-12(7-16)5-13(4-11)8-16/h9-13H,3-8H2,1-2H3,(H,19,20)(H2,17,18,21)/t9-,10?,11?,12?,13?,16?/m0/s1. The van der Waals surface area contributed by atoms with Gasteiger partial charge in [0.2, 0.25) is 0 Å². The van der Waals surface area contributed by atoms with Crippen molar-refractivity contribution in [3.05, 3.63) is 0 Å². The van der Waals surface area contributed by atoms with E-state index in [1.54, 1.807) is 0 Å². The van der Waals surface area contributed by atoms with E-state index >= 15 is 0 Å². The molecule has 2 amide bonds. The van der Waals surface area contributed by atoms with Gasteiger partial charge in [-0.25, -0.2) is 4.79 Å². The number of carbonyl (C=O) groups is 2. The summed E-state index contributed by atoms with van der Waals surface area (Å²) in [6, 6.07) is -1.09. The van der Waals surface area contributed by atoms with Gasteiger partial charge in [0.15, 0.2) is 0 Å². The molecule has 4 bridgehead atoms. The summed E-state index contributed by atoms with van der Waals surface area (Å²) < 4.78 is 0. The lowest BCUT2D eigenvalue weighted by atomic mass is 9.48. The molecule has 0 aromatic rings. The van der Waals surface area contributed by atoms with Crippen molar-refractivity contribution < 1.29 is 14.7 Å².